The van der Waals surface area contributed by atoms with Gasteiger partial charge in [0.25, 0.3) is 0 Å². The molecule has 43 heavy (non-hydrogen) atoms. The summed E-state index contributed by atoms with van der Waals surface area (Å²) < 4.78 is 0. The maximum Gasteiger partial charge on any atom is 0.0107 e. The Balaban J connectivity index is 0.00000169. The minimum absolute atomic E-state index is 0. The monoisotopic (exact) mass is 730 g/mol. The fourth-order valence-corrected chi connectivity index (χ4v) is 17.0. The quantitative estimate of drug-likeness (QED) is 0.197. The van der Waals surface area contributed by atoms with Gasteiger partial charge in [0.2, 0.25) is 0 Å². The van der Waals surface area contributed by atoms with E-state index in [0.29, 0.717) is 0 Å². The predicted octanol–water partition coefficient (Wildman–Crippen LogP) is 4.25. The van der Waals surface area contributed by atoms with Gasteiger partial charge in [-0.3, -0.25) is 0 Å². The van der Waals surface area contributed by atoms with Gasteiger partial charge in [-0.1, -0.05) is 107 Å². The Labute approximate surface area is 293 Å². The standard InChI is InChI=1S/C36H44P2S2.2ClH.Ni/c1-25-33(35(27(3)39-25)37(29-17-9-5-10-18-29)30-19-11-6-12-20-30)34-26(2)40-28(4)36(34)38(31-21-13-7-14-22-31)32-23-15-8-16-24-32;;;/h5-6,9-12,17-20,31-32H,7-8,13-16,21-24H2,1-4H3;2*1H;/p-2. The molecule has 0 unspecified atom stereocenters. The largest absolute Gasteiger partial charge is 1.00 e. The second-order valence-corrected chi connectivity index (χ2v) is 19.6. The molecule has 236 valence electrons. The summed E-state index contributed by atoms with van der Waals surface area (Å²) in [6, 6.07) is 22.8. The van der Waals surface area contributed by atoms with Crippen LogP contribution in [0.5, 0.6) is 0 Å². The summed E-state index contributed by atoms with van der Waals surface area (Å²) in [5, 5.41) is 6.39. The second-order valence-electron chi connectivity index (χ2n) is 11.9. The Morgan fingerprint density at radius 3 is 1.30 bits per heavy atom. The average Bonchev–Trinajstić information content (AvgIpc) is 3.43. The van der Waals surface area contributed by atoms with Crippen LogP contribution in [0.25, 0.3) is 11.1 Å². The molecule has 0 aliphatic heterocycles. The summed E-state index contributed by atoms with van der Waals surface area (Å²) in [5.74, 6) is 0. The van der Waals surface area contributed by atoms with Crippen LogP contribution in [0, 0.1) is 27.7 Å². The van der Waals surface area contributed by atoms with Crippen molar-refractivity contribution in [2.24, 2.45) is 0 Å². The minimum Gasteiger partial charge on any atom is -1.00 e. The SMILES string of the molecule is Cc1sc(C)c(P(c2ccccc2)c2ccccc2)c1-c1c(C)sc(C)c1P(C1CCCCC1)C1CCCCC1.[Cl-].[Cl-].[Ni]. The van der Waals surface area contributed by atoms with Crippen LogP contribution in [0.15, 0.2) is 60.7 Å². The van der Waals surface area contributed by atoms with Crippen LogP contribution in [-0.2, 0) is 16.5 Å². The van der Waals surface area contributed by atoms with Gasteiger partial charge >= 0.3 is 0 Å². The number of benzene rings is 2. The third-order valence-corrected chi connectivity index (χ3v) is 17.8. The van der Waals surface area contributed by atoms with Gasteiger partial charge in [-0.25, -0.2) is 0 Å². The molecule has 2 heterocycles. The van der Waals surface area contributed by atoms with Crippen molar-refractivity contribution in [2.75, 3.05) is 0 Å². The van der Waals surface area contributed by atoms with Gasteiger partial charge in [-0.05, 0) is 88.5 Å². The summed E-state index contributed by atoms with van der Waals surface area (Å²) in [7, 11) is -0.789. The predicted molar refractivity (Wildman–Crippen MR) is 186 cm³/mol. The molecule has 0 amide bonds. The molecule has 0 radical (unpaired) electrons. The van der Waals surface area contributed by atoms with Gasteiger partial charge < -0.3 is 24.8 Å². The van der Waals surface area contributed by atoms with Gasteiger partial charge in [0, 0.05) is 52.4 Å². The molecule has 2 aliphatic carbocycles. The van der Waals surface area contributed by atoms with Gasteiger partial charge in [0.05, 0.1) is 0 Å². The summed E-state index contributed by atoms with van der Waals surface area (Å²) in [5.41, 5.74) is 5.12. The average molecular weight is 732 g/mol. The van der Waals surface area contributed by atoms with E-state index in [1.165, 1.54) is 84.6 Å². The molecule has 2 fully saturated rings. The van der Waals surface area contributed by atoms with Crippen LogP contribution >= 0.6 is 38.5 Å². The van der Waals surface area contributed by atoms with E-state index >= 15 is 0 Å². The third kappa shape index (κ3) is 7.85. The normalized spacial score (nSPS) is 16.0. The zero-order valence-electron chi connectivity index (χ0n) is 25.8. The van der Waals surface area contributed by atoms with Crippen molar-refractivity contribution in [2.45, 2.75) is 103 Å². The molecule has 2 aromatic carbocycles. The Kier molecular flexibility index (Phi) is 14.8. The van der Waals surface area contributed by atoms with E-state index in [1.807, 2.05) is 16.6 Å². The van der Waals surface area contributed by atoms with Crippen molar-refractivity contribution in [1.82, 2.24) is 0 Å². The van der Waals surface area contributed by atoms with E-state index in [4.69, 9.17) is 0 Å². The number of hydrogen-bond acceptors (Lipinski definition) is 2. The van der Waals surface area contributed by atoms with Crippen molar-refractivity contribution in [1.29, 1.82) is 0 Å². The summed E-state index contributed by atoms with van der Waals surface area (Å²) in [6.45, 7) is 9.73. The number of rotatable bonds is 7. The fourth-order valence-electron chi connectivity index (χ4n) is 7.46. The number of halogens is 2. The Morgan fingerprint density at radius 2 is 0.884 bits per heavy atom. The second kappa shape index (κ2) is 17.1. The van der Waals surface area contributed by atoms with Gasteiger partial charge in [0.1, 0.15) is 0 Å². The van der Waals surface area contributed by atoms with Crippen molar-refractivity contribution in [3.05, 3.63) is 80.2 Å². The summed E-state index contributed by atoms with van der Waals surface area (Å²) in [6.07, 6.45) is 14.5. The minimum atomic E-state index is -0.632. The Morgan fingerprint density at radius 1 is 0.512 bits per heavy atom. The molecule has 2 aliphatic rings. The summed E-state index contributed by atoms with van der Waals surface area (Å²) in [4.78, 5) is 6.23. The molecule has 0 nitrogen and oxygen atoms in total. The van der Waals surface area contributed by atoms with Crippen LogP contribution in [-0.4, -0.2) is 11.3 Å². The van der Waals surface area contributed by atoms with Crippen molar-refractivity contribution in [3.8, 4) is 11.1 Å². The van der Waals surface area contributed by atoms with Crippen LogP contribution < -0.4 is 46.0 Å². The van der Waals surface area contributed by atoms with Crippen molar-refractivity contribution >= 4 is 59.7 Å². The molecule has 2 aromatic heterocycles. The maximum absolute atomic E-state index is 2.48. The van der Waals surface area contributed by atoms with E-state index in [0.717, 1.165) is 11.3 Å². The molecule has 6 rings (SSSR count). The van der Waals surface area contributed by atoms with Crippen LogP contribution in [0.4, 0.5) is 0 Å². The molecule has 0 bridgehead atoms. The molecule has 0 spiro atoms. The Hall–Kier alpha value is -0.226. The first-order valence-corrected chi connectivity index (χ1v) is 19.9. The van der Waals surface area contributed by atoms with Gasteiger partial charge in [-0.2, -0.15) is 0 Å². The third-order valence-electron chi connectivity index (χ3n) is 9.15. The number of hydrogen-bond donors (Lipinski definition) is 0. The van der Waals surface area contributed by atoms with Crippen molar-refractivity contribution in [3.63, 3.8) is 0 Å². The van der Waals surface area contributed by atoms with Gasteiger partial charge in [0.15, 0.2) is 0 Å². The smallest absolute Gasteiger partial charge is 0.0107 e. The fraction of sp³-hybridized carbons (Fsp3) is 0.444. The number of aryl methyl sites for hydroxylation is 4. The first-order chi connectivity index (χ1) is 19.5. The first-order valence-electron chi connectivity index (χ1n) is 15.4. The maximum atomic E-state index is 2.48. The zero-order valence-corrected chi connectivity index (χ0v) is 31.7. The van der Waals surface area contributed by atoms with Crippen LogP contribution in [0.1, 0.15) is 83.7 Å². The van der Waals surface area contributed by atoms with E-state index in [-0.39, 0.29) is 49.2 Å². The van der Waals surface area contributed by atoms with Crippen molar-refractivity contribution < 1.29 is 41.3 Å². The molecule has 0 atom stereocenters. The topological polar surface area (TPSA) is 0 Å². The van der Waals surface area contributed by atoms with E-state index in [1.54, 1.807) is 26.2 Å². The van der Waals surface area contributed by atoms with Crippen LogP contribution in [0.3, 0.4) is 0 Å². The van der Waals surface area contributed by atoms with Gasteiger partial charge in [-0.15, -0.1) is 22.7 Å². The molecule has 7 heteroatoms. The van der Waals surface area contributed by atoms with Crippen LogP contribution in [0.2, 0.25) is 0 Å². The zero-order chi connectivity index (χ0) is 27.6. The van der Waals surface area contributed by atoms with E-state index in [9.17, 15) is 0 Å². The van der Waals surface area contributed by atoms with E-state index in [2.05, 4.69) is 99.7 Å². The first kappa shape index (κ1) is 37.2. The molecule has 0 saturated heterocycles. The Bertz CT molecular complexity index is 1370. The van der Waals surface area contributed by atoms with E-state index < -0.39 is 7.92 Å². The molecular formula is C36H44Cl2NiP2S2-2. The molecule has 4 aromatic rings. The molecule has 2 saturated carbocycles. The molecule has 0 N–H and O–H groups in total. The molecular weight excluding hydrogens is 688 g/mol. The summed E-state index contributed by atoms with van der Waals surface area (Å²) >= 11 is 4.15. The number of thiophene rings is 2.